The molecular weight excluding hydrogens is 238 g/mol. The minimum absolute atomic E-state index is 0.122. The second-order valence-electron chi connectivity index (χ2n) is 3.62. The summed E-state index contributed by atoms with van der Waals surface area (Å²) in [7, 11) is 0. The number of hydrogen-bond acceptors (Lipinski definition) is 2. The lowest BCUT2D eigenvalue weighted by Gasteiger charge is -2.08. The fourth-order valence-corrected chi connectivity index (χ4v) is 1.46. The summed E-state index contributed by atoms with van der Waals surface area (Å²) < 4.78 is 33.6. The molecule has 0 spiro atoms. The smallest absolute Gasteiger partial charge is 0.387 e. The van der Waals surface area contributed by atoms with E-state index in [1.165, 1.54) is 12.1 Å². The Morgan fingerprint density at radius 1 is 0.833 bits per heavy atom. The van der Waals surface area contributed by atoms with Gasteiger partial charge in [0.05, 0.1) is 0 Å². The standard InChI is InChI=1S/C14H12F2O2/c15-14(16)18-13-8-6-12(7-9-13)17-10-11-4-2-1-3-5-11/h1-9,14H,10H2. The van der Waals surface area contributed by atoms with Gasteiger partial charge in [0.25, 0.3) is 0 Å². The molecule has 0 aliphatic rings. The van der Waals surface area contributed by atoms with E-state index >= 15 is 0 Å². The number of halogens is 2. The molecule has 2 aromatic carbocycles. The van der Waals surface area contributed by atoms with Gasteiger partial charge in [0.2, 0.25) is 0 Å². The fourth-order valence-electron chi connectivity index (χ4n) is 1.46. The first-order chi connectivity index (χ1) is 8.74. The van der Waals surface area contributed by atoms with Crippen LogP contribution < -0.4 is 9.47 Å². The van der Waals surface area contributed by atoms with Crippen LogP contribution in [0.1, 0.15) is 5.56 Å². The first-order valence-corrected chi connectivity index (χ1v) is 5.45. The Balaban J connectivity index is 1.90. The van der Waals surface area contributed by atoms with Crippen LogP contribution in [0.25, 0.3) is 0 Å². The topological polar surface area (TPSA) is 18.5 Å². The molecule has 4 heteroatoms. The van der Waals surface area contributed by atoms with Crippen molar-refractivity contribution in [1.29, 1.82) is 0 Å². The second-order valence-corrected chi connectivity index (χ2v) is 3.62. The summed E-state index contributed by atoms with van der Waals surface area (Å²) in [6.07, 6.45) is 0. The van der Waals surface area contributed by atoms with Crippen molar-refractivity contribution in [3.05, 3.63) is 60.2 Å². The summed E-state index contributed by atoms with van der Waals surface area (Å²) in [6, 6.07) is 15.8. The summed E-state index contributed by atoms with van der Waals surface area (Å²) in [5.41, 5.74) is 1.05. The van der Waals surface area contributed by atoms with Crippen molar-refractivity contribution >= 4 is 0 Å². The van der Waals surface area contributed by atoms with Gasteiger partial charge >= 0.3 is 6.61 Å². The Morgan fingerprint density at radius 2 is 1.44 bits per heavy atom. The molecule has 0 saturated heterocycles. The molecule has 2 nitrogen and oxygen atoms in total. The highest BCUT2D eigenvalue weighted by atomic mass is 19.3. The van der Waals surface area contributed by atoms with E-state index in [0.29, 0.717) is 12.4 Å². The quantitative estimate of drug-likeness (QED) is 0.802. The molecule has 0 amide bonds. The van der Waals surface area contributed by atoms with Crippen LogP contribution in [-0.2, 0) is 6.61 Å². The predicted octanol–water partition coefficient (Wildman–Crippen LogP) is 3.87. The van der Waals surface area contributed by atoms with Crippen LogP contribution in [-0.4, -0.2) is 6.61 Å². The third-order valence-electron chi connectivity index (χ3n) is 2.30. The minimum atomic E-state index is -2.80. The van der Waals surface area contributed by atoms with Gasteiger partial charge in [-0.25, -0.2) is 0 Å². The molecule has 0 aliphatic heterocycles. The zero-order chi connectivity index (χ0) is 12.8. The molecule has 0 radical (unpaired) electrons. The lowest BCUT2D eigenvalue weighted by atomic mass is 10.2. The highest BCUT2D eigenvalue weighted by Gasteiger charge is 2.03. The summed E-state index contributed by atoms with van der Waals surface area (Å²) >= 11 is 0. The number of alkyl halides is 2. The van der Waals surface area contributed by atoms with Gasteiger partial charge in [0.15, 0.2) is 0 Å². The van der Waals surface area contributed by atoms with Gasteiger partial charge in [0, 0.05) is 0 Å². The summed E-state index contributed by atoms with van der Waals surface area (Å²) in [4.78, 5) is 0. The lowest BCUT2D eigenvalue weighted by molar-refractivity contribution is -0.0498. The number of benzene rings is 2. The molecule has 2 aromatic rings. The van der Waals surface area contributed by atoms with Crippen LogP contribution in [0.4, 0.5) is 8.78 Å². The van der Waals surface area contributed by atoms with Crippen molar-refractivity contribution in [3.8, 4) is 11.5 Å². The molecule has 0 aromatic heterocycles. The number of hydrogen-bond donors (Lipinski definition) is 0. The first kappa shape index (κ1) is 12.4. The maximum Gasteiger partial charge on any atom is 0.387 e. The predicted molar refractivity (Wildman–Crippen MR) is 63.8 cm³/mol. The second kappa shape index (κ2) is 6.00. The van der Waals surface area contributed by atoms with E-state index in [2.05, 4.69) is 4.74 Å². The van der Waals surface area contributed by atoms with Crippen LogP contribution >= 0.6 is 0 Å². The van der Waals surface area contributed by atoms with E-state index in [4.69, 9.17) is 4.74 Å². The van der Waals surface area contributed by atoms with Crippen molar-refractivity contribution < 1.29 is 18.3 Å². The molecule has 0 bridgehead atoms. The molecule has 0 fully saturated rings. The van der Waals surface area contributed by atoms with E-state index in [-0.39, 0.29) is 5.75 Å². The zero-order valence-electron chi connectivity index (χ0n) is 9.55. The van der Waals surface area contributed by atoms with Gasteiger partial charge in [-0.15, -0.1) is 0 Å². The van der Waals surface area contributed by atoms with Crippen molar-refractivity contribution in [1.82, 2.24) is 0 Å². The van der Waals surface area contributed by atoms with Crippen molar-refractivity contribution in [2.45, 2.75) is 13.2 Å². The summed E-state index contributed by atoms with van der Waals surface area (Å²) in [5, 5.41) is 0. The number of rotatable bonds is 5. The van der Waals surface area contributed by atoms with Crippen molar-refractivity contribution in [3.63, 3.8) is 0 Å². The molecular formula is C14H12F2O2. The van der Waals surface area contributed by atoms with E-state index in [1.54, 1.807) is 12.1 Å². The minimum Gasteiger partial charge on any atom is -0.489 e. The summed E-state index contributed by atoms with van der Waals surface area (Å²) in [5.74, 6) is 0.734. The zero-order valence-corrected chi connectivity index (χ0v) is 9.55. The Kier molecular flexibility index (Phi) is 4.12. The van der Waals surface area contributed by atoms with Gasteiger partial charge in [-0.2, -0.15) is 8.78 Å². The van der Waals surface area contributed by atoms with E-state index < -0.39 is 6.61 Å². The highest BCUT2D eigenvalue weighted by Crippen LogP contribution is 2.20. The largest absolute Gasteiger partial charge is 0.489 e. The average Bonchev–Trinajstić information content (AvgIpc) is 2.38. The van der Waals surface area contributed by atoms with Crippen LogP contribution in [0.5, 0.6) is 11.5 Å². The Hall–Kier alpha value is -2.10. The SMILES string of the molecule is FC(F)Oc1ccc(OCc2ccccc2)cc1. The molecule has 2 rings (SSSR count). The van der Waals surface area contributed by atoms with Gasteiger partial charge in [0.1, 0.15) is 18.1 Å². The molecule has 0 aliphatic carbocycles. The molecule has 0 atom stereocenters. The lowest BCUT2D eigenvalue weighted by Crippen LogP contribution is -2.01. The van der Waals surface area contributed by atoms with Gasteiger partial charge < -0.3 is 9.47 Å². The van der Waals surface area contributed by atoms with Crippen LogP contribution in [0.3, 0.4) is 0 Å². The van der Waals surface area contributed by atoms with Crippen molar-refractivity contribution in [2.75, 3.05) is 0 Å². The van der Waals surface area contributed by atoms with Crippen LogP contribution in [0, 0.1) is 0 Å². The Labute approximate surface area is 104 Å². The van der Waals surface area contributed by atoms with Gasteiger partial charge in [-0.1, -0.05) is 30.3 Å². The molecule has 94 valence electrons. The summed E-state index contributed by atoms with van der Waals surface area (Å²) in [6.45, 7) is -2.36. The van der Waals surface area contributed by atoms with E-state index in [1.807, 2.05) is 30.3 Å². The maximum atomic E-state index is 11.9. The molecule has 0 N–H and O–H groups in total. The monoisotopic (exact) mass is 250 g/mol. The maximum absolute atomic E-state index is 11.9. The van der Waals surface area contributed by atoms with Gasteiger partial charge in [-0.05, 0) is 29.8 Å². The van der Waals surface area contributed by atoms with Crippen LogP contribution in [0.15, 0.2) is 54.6 Å². The van der Waals surface area contributed by atoms with Gasteiger partial charge in [-0.3, -0.25) is 0 Å². The van der Waals surface area contributed by atoms with Crippen molar-refractivity contribution in [2.24, 2.45) is 0 Å². The third kappa shape index (κ3) is 3.73. The first-order valence-electron chi connectivity index (χ1n) is 5.45. The van der Waals surface area contributed by atoms with Crippen LogP contribution in [0.2, 0.25) is 0 Å². The van der Waals surface area contributed by atoms with E-state index in [0.717, 1.165) is 5.56 Å². The highest BCUT2D eigenvalue weighted by molar-refractivity contribution is 5.31. The number of ether oxygens (including phenoxy) is 2. The Morgan fingerprint density at radius 3 is 2.06 bits per heavy atom. The average molecular weight is 250 g/mol. The Bertz CT molecular complexity index is 469. The fraction of sp³-hybridized carbons (Fsp3) is 0.143. The third-order valence-corrected chi connectivity index (χ3v) is 2.30. The molecule has 0 heterocycles. The molecule has 0 unspecified atom stereocenters. The van der Waals surface area contributed by atoms with E-state index in [9.17, 15) is 8.78 Å². The molecule has 0 saturated carbocycles. The molecule has 18 heavy (non-hydrogen) atoms. The normalized spacial score (nSPS) is 10.4.